The molecule has 0 saturated heterocycles. The Morgan fingerprint density at radius 2 is 2.03 bits per heavy atom. The molecule has 9 heteroatoms. The number of hydrogen-bond donors (Lipinski definition) is 2. The van der Waals surface area contributed by atoms with Crippen LogP contribution in [0.4, 0.5) is 5.00 Å². The molecule has 30 heavy (non-hydrogen) atoms. The molecule has 0 bridgehead atoms. The van der Waals surface area contributed by atoms with Crippen LogP contribution in [0.1, 0.15) is 46.1 Å². The fourth-order valence-corrected chi connectivity index (χ4v) is 5.41. The summed E-state index contributed by atoms with van der Waals surface area (Å²) in [5, 5.41) is 6.35. The monoisotopic (exact) mass is 510 g/mol. The van der Waals surface area contributed by atoms with Gasteiger partial charge in [0.15, 0.2) is 11.7 Å². The van der Waals surface area contributed by atoms with Crippen LogP contribution in [-0.4, -0.2) is 30.2 Å². The third kappa shape index (κ3) is 5.59. The predicted molar refractivity (Wildman–Crippen MR) is 126 cm³/mol. The van der Waals surface area contributed by atoms with E-state index in [0.717, 1.165) is 41.3 Å². The summed E-state index contributed by atoms with van der Waals surface area (Å²) in [5.41, 5.74) is 2.65. The van der Waals surface area contributed by atoms with Gasteiger partial charge < -0.3 is 14.8 Å². The Balaban J connectivity index is 1.63. The average Bonchev–Trinajstić information content (AvgIpc) is 3.05. The lowest BCUT2D eigenvalue weighted by Crippen LogP contribution is -2.37. The standard InChI is InChI=1S/C21H23BrN2O4S2/c1-3-27-20(26)18-13-6-4-5-7-16(13)30-19(18)24-21(29)23-17(25)11-28-15-9-8-12(2)10-14(15)22/h8-10H,3-7,11H2,1-2H3,(H2,23,24,25,29). The lowest BCUT2D eigenvalue weighted by Gasteiger charge is -2.13. The van der Waals surface area contributed by atoms with Crippen LogP contribution in [0.3, 0.4) is 0 Å². The third-order valence-electron chi connectivity index (χ3n) is 4.58. The number of fused-ring (bicyclic) bond motifs is 1. The van der Waals surface area contributed by atoms with Gasteiger partial charge in [0, 0.05) is 4.88 Å². The Kier molecular flexibility index (Phi) is 7.85. The number of hydrogen-bond acceptors (Lipinski definition) is 6. The first-order chi connectivity index (χ1) is 14.4. The smallest absolute Gasteiger partial charge is 0.341 e. The molecule has 2 N–H and O–H groups in total. The molecule has 1 amide bonds. The van der Waals surface area contributed by atoms with E-state index in [4.69, 9.17) is 21.7 Å². The van der Waals surface area contributed by atoms with Crippen molar-refractivity contribution >= 4 is 61.5 Å². The molecule has 0 spiro atoms. The number of thiocarbonyl (C=S) groups is 1. The van der Waals surface area contributed by atoms with Crippen LogP contribution >= 0.6 is 39.5 Å². The van der Waals surface area contributed by atoms with E-state index in [2.05, 4.69) is 26.6 Å². The molecule has 0 radical (unpaired) electrons. The largest absolute Gasteiger partial charge is 0.483 e. The van der Waals surface area contributed by atoms with E-state index in [1.807, 2.05) is 19.1 Å². The van der Waals surface area contributed by atoms with Crippen molar-refractivity contribution in [1.82, 2.24) is 5.32 Å². The fourth-order valence-electron chi connectivity index (χ4n) is 3.24. The Hall–Kier alpha value is -1.97. The van der Waals surface area contributed by atoms with E-state index >= 15 is 0 Å². The van der Waals surface area contributed by atoms with E-state index < -0.39 is 0 Å². The molecule has 1 heterocycles. The second-order valence-corrected chi connectivity index (χ2v) is 9.23. The molecule has 0 atom stereocenters. The first kappa shape index (κ1) is 22.7. The number of carbonyl (C=O) groups is 2. The van der Waals surface area contributed by atoms with Crippen LogP contribution in [-0.2, 0) is 22.4 Å². The molecule has 1 aliphatic carbocycles. The van der Waals surface area contributed by atoms with Gasteiger partial charge in [-0.25, -0.2) is 4.79 Å². The van der Waals surface area contributed by atoms with Gasteiger partial charge in [0.25, 0.3) is 5.91 Å². The third-order valence-corrected chi connectivity index (χ3v) is 6.61. The van der Waals surface area contributed by atoms with Gasteiger partial charge in [0.05, 0.1) is 16.6 Å². The quantitative estimate of drug-likeness (QED) is 0.430. The summed E-state index contributed by atoms with van der Waals surface area (Å²) in [4.78, 5) is 25.9. The van der Waals surface area contributed by atoms with Crippen molar-refractivity contribution in [1.29, 1.82) is 0 Å². The van der Waals surface area contributed by atoms with Gasteiger partial charge in [-0.3, -0.25) is 10.1 Å². The van der Waals surface area contributed by atoms with Crippen LogP contribution in [0, 0.1) is 6.92 Å². The van der Waals surface area contributed by atoms with Crippen molar-refractivity contribution in [2.75, 3.05) is 18.5 Å². The molecule has 2 aromatic rings. The number of carbonyl (C=O) groups excluding carboxylic acids is 2. The molecule has 160 valence electrons. The highest BCUT2D eigenvalue weighted by Gasteiger charge is 2.27. The van der Waals surface area contributed by atoms with Gasteiger partial charge in [-0.2, -0.15) is 0 Å². The van der Waals surface area contributed by atoms with Crippen LogP contribution in [0.2, 0.25) is 0 Å². The van der Waals surface area contributed by atoms with Crippen molar-refractivity contribution in [2.45, 2.75) is 39.5 Å². The molecule has 0 saturated carbocycles. The van der Waals surface area contributed by atoms with Crippen molar-refractivity contribution in [3.8, 4) is 5.75 Å². The molecule has 6 nitrogen and oxygen atoms in total. The maximum atomic E-state index is 12.5. The minimum atomic E-state index is -0.390. The Bertz CT molecular complexity index is 974. The first-order valence-corrected chi connectivity index (χ1v) is 11.7. The zero-order valence-corrected chi connectivity index (χ0v) is 20.0. The maximum Gasteiger partial charge on any atom is 0.341 e. The number of anilines is 1. The number of aryl methyl sites for hydroxylation is 2. The predicted octanol–water partition coefficient (Wildman–Crippen LogP) is 4.77. The zero-order valence-electron chi connectivity index (χ0n) is 16.8. The highest BCUT2D eigenvalue weighted by Crippen LogP contribution is 2.38. The van der Waals surface area contributed by atoms with E-state index in [-0.39, 0.29) is 23.6 Å². The van der Waals surface area contributed by atoms with Crippen molar-refractivity contribution in [3.05, 3.63) is 44.2 Å². The number of benzene rings is 1. The van der Waals surface area contributed by atoms with Crippen LogP contribution < -0.4 is 15.4 Å². The fraction of sp³-hybridized carbons (Fsp3) is 0.381. The highest BCUT2D eigenvalue weighted by molar-refractivity contribution is 9.10. The molecule has 1 aromatic carbocycles. The van der Waals surface area contributed by atoms with E-state index in [0.29, 0.717) is 22.9 Å². The molecule has 1 aromatic heterocycles. The topological polar surface area (TPSA) is 76.7 Å². The number of esters is 1. The van der Waals surface area contributed by atoms with E-state index in [1.54, 1.807) is 13.0 Å². The summed E-state index contributed by atoms with van der Waals surface area (Å²) in [7, 11) is 0. The minimum Gasteiger partial charge on any atom is -0.483 e. The minimum absolute atomic E-state index is 0.121. The molecular weight excluding hydrogens is 488 g/mol. The summed E-state index contributed by atoms with van der Waals surface area (Å²) in [6.45, 7) is 3.87. The number of rotatable bonds is 6. The first-order valence-electron chi connectivity index (χ1n) is 9.70. The average molecular weight is 511 g/mol. The summed E-state index contributed by atoms with van der Waals surface area (Å²) in [6, 6.07) is 5.61. The van der Waals surface area contributed by atoms with Gasteiger partial charge in [-0.05, 0) is 90.9 Å². The van der Waals surface area contributed by atoms with Gasteiger partial charge in [0.2, 0.25) is 0 Å². The van der Waals surface area contributed by atoms with Crippen molar-refractivity contribution in [3.63, 3.8) is 0 Å². The van der Waals surface area contributed by atoms with Crippen LogP contribution in [0.15, 0.2) is 22.7 Å². The summed E-state index contributed by atoms with van der Waals surface area (Å²) >= 11 is 10.2. The lowest BCUT2D eigenvalue weighted by molar-refractivity contribution is -0.121. The molecule has 0 aliphatic heterocycles. The van der Waals surface area contributed by atoms with E-state index in [9.17, 15) is 9.59 Å². The zero-order chi connectivity index (χ0) is 21.7. The summed E-state index contributed by atoms with van der Waals surface area (Å²) in [5.74, 6) is -0.176. The molecule has 0 fully saturated rings. The number of ether oxygens (including phenoxy) is 2. The van der Waals surface area contributed by atoms with Crippen molar-refractivity contribution < 1.29 is 19.1 Å². The number of halogens is 1. The van der Waals surface area contributed by atoms with Gasteiger partial charge in [-0.1, -0.05) is 6.07 Å². The number of thiophene rings is 1. The number of nitrogens with one attached hydrogen (secondary N) is 2. The summed E-state index contributed by atoms with van der Waals surface area (Å²) in [6.07, 6.45) is 3.93. The SMILES string of the molecule is CCOC(=O)c1c(NC(=S)NC(=O)COc2ccc(C)cc2Br)sc2c1CCCC2. The molecule has 3 rings (SSSR count). The van der Waals surface area contributed by atoms with Gasteiger partial charge in [-0.15, -0.1) is 11.3 Å². The number of amides is 1. The van der Waals surface area contributed by atoms with Crippen LogP contribution in [0.25, 0.3) is 0 Å². The maximum absolute atomic E-state index is 12.5. The van der Waals surface area contributed by atoms with Gasteiger partial charge in [0.1, 0.15) is 10.8 Å². The van der Waals surface area contributed by atoms with E-state index in [1.165, 1.54) is 16.2 Å². The van der Waals surface area contributed by atoms with Gasteiger partial charge >= 0.3 is 5.97 Å². The Labute approximate surface area is 193 Å². The van der Waals surface area contributed by atoms with Crippen LogP contribution in [0.5, 0.6) is 5.75 Å². The highest BCUT2D eigenvalue weighted by atomic mass is 79.9. The molecular formula is C21H23BrN2O4S2. The summed E-state index contributed by atoms with van der Waals surface area (Å²) < 4.78 is 11.6. The lowest BCUT2D eigenvalue weighted by atomic mass is 9.95. The van der Waals surface area contributed by atoms with Crippen molar-refractivity contribution in [2.24, 2.45) is 0 Å². The molecule has 1 aliphatic rings. The second kappa shape index (κ2) is 10.4. The Morgan fingerprint density at radius 3 is 2.77 bits per heavy atom. The Morgan fingerprint density at radius 1 is 1.27 bits per heavy atom. The second-order valence-electron chi connectivity index (χ2n) is 6.86. The normalized spacial score (nSPS) is 12.6. The molecule has 0 unspecified atom stereocenters.